The summed E-state index contributed by atoms with van der Waals surface area (Å²) >= 11 is 0. The first-order valence-electron chi connectivity index (χ1n) is 6.94. The van der Waals surface area contributed by atoms with Gasteiger partial charge in [0.2, 0.25) is 5.95 Å². The fraction of sp³-hybridized carbons (Fsp3) is 0.429. The first-order valence-corrected chi connectivity index (χ1v) is 6.94. The minimum absolute atomic E-state index is 0.436. The Bertz CT molecular complexity index is 571. The summed E-state index contributed by atoms with van der Waals surface area (Å²) in [5, 5.41) is 0. The van der Waals surface area contributed by atoms with Gasteiger partial charge in [0.1, 0.15) is 12.4 Å². The van der Waals surface area contributed by atoms with Crippen molar-refractivity contribution in [3.05, 3.63) is 36.5 Å². The zero-order valence-corrected chi connectivity index (χ0v) is 12.0. The Hall–Kier alpha value is -2.28. The first kappa shape index (κ1) is 13.7. The molecule has 1 aliphatic heterocycles. The van der Waals surface area contributed by atoms with Crippen LogP contribution in [0.2, 0.25) is 0 Å². The molecule has 2 aromatic heterocycles. The number of piperazine rings is 1. The molecule has 3 rings (SSSR count). The van der Waals surface area contributed by atoms with Crippen LogP contribution in [-0.2, 0) is 11.3 Å². The van der Waals surface area contributed by atoms with Crippen LogP contribution < -0.4 is 9.80 Å². The Kier molecular flexibility index (Phi) is 4.20. The number of hydrogen-bond acceptors (Lipinski definition) is 7. The molecule has 0 unspecified atom stereocenters. The summed E-state index contributed by atoms with van der Waals surface area (Å²) in [7, 11) is 1.65. The smallest absolute Gasteiger partial charge is 0.225 e. The highest BCUT2D eigenvalue weighted by molar-refractivity contribution is 5.41. The molecule has 110 valence electrons. The van der Waals surface area contributed by atoms with Crippen LogP contribution in [0.4, 0.5) is 11.8 Å². The van der Waals surface area contributed by atoms with Gasteiger partial charge in [-0.2, -0.15) is 0 Å². The van der Waals surface area contributed by atoms with Gasteiger partial charge < -0.3 is 14.5 Å². The van der Waals surface area contributed by atoms with Gasteiger partial charge in [0.25, 0.3) is 0 Å². The van der Waals surface area contributed by atoms with Gasteiger partial charge in [0, 0.05) is 51.9 Å². The summed E-state index contributed by atoms with van der Waals surface area (Å²) in [6.07, 6.45) is 5.33. The molecule has 0 amide bonds. The predicted octanol–water partition coefficient (Wildman–Crippen LogP) is 0.740. The fourth-order valence-corrected chi connectivity index (χ4v) is 2.35. The first-order chi connectivity index (χ1) is 10.4. The second kappa shape index (κ2) is 6.45. The Morgan fingerprint density at radius 1 is 1.00 bits per heavy atom. The summed E-state index contributed by atoms with van der Waals surface area (Å²) in [5.74, 6) is 2.45. The van der Waals surface area contributed by atoms with E-state index >= 15 is 0 Å². The molecule has 7 heteroatoms. The average Bonchev–Trinajstić information content (AvgIpc) is 2.56. The number of aromatic nitrogens is 4. The zero-order chi connectivity index (χ0) is 14.5. The second-order valence-corrected chi connectivity index (χ2v) is 4.79. The van der Waals surface area contributed by atoms with Gasteiger partial charge in [-0.05, 0) is 12.1 Å². The van der Waals surface area contributed by atoms with E-state index in [0.717, 1.165) is 37.9 Å². The van der Waals surface area contributed by atoms with Gasteiger partial charge >= 0.3 is 0 Å². The number of hydrogen-bond donors (Lipinski definition) is 0. The van der Waals surface area contributed by atoms with Gasteiger partial charge in [-0.15, -0.1) is 0 Å². The highest BCUT2D eigenvalue weighted by Crippen LogP contribution is 2.15. The van der Waals surface area contributed by atoms with Crippen LogP contribution in [0.15, 0.2) is 30.7 Å². The molecule has 0 spiro atoms. The molecule has 7 nitrogen and oxygen atoms in total. The molecule has 0 radical (unpaired) electrons. The maximum absolute atomic E-state index is 5.08. The summed E-state index contributed by atoms with van der Waals surface area (Å²) in [5.41, 5.74) is 0. The van der Waals surface area contributed by atoms with Crippen molar-refractivity contribution < 1.29 is 4.74 Å². The quantitative estimate of drug-likeness (QED) is 0.821. The van der Waals surface area contributed by atoms with Crippen molar-refractivity contribution >= 4 is 11.8 Å². The molecule has 0 aromatic carbocycles. The van der Waals surface area contributed by atoms with Crippen molar-refractivity contribution in [2.24, 2.45) is 0 Å². The van der Waals surface area contributed by atoms with Crippen LogP contribution in [0.5, 0.6) is 0 Å². The number of anilines is 2. The molecule has 0 aliphatic carbocycles. The van der Waals surface area contributed by atoms with Crippen LogP contribution in [0, 0.1) is 0 Å². The van der Waals surface area contributed by atoms with Gasteiger partial charge in [-0.25, -0.2) is 19.9 Å². The van der Waals surface area contributed by atoms with E-state index in [9.17, 15) is 0 Å². The largest absolute Gasteiger partial charge is 0.377 e. The molecule has 0 N–H and O–H groups in total. The van der Waals surface area contributed by atoms with Gasteiger partial charge in [-0.1, -0.05) is 0 Å². The maximum Gasteiger partial charge on any atom is 0.225 e. The monoisotopic (exact) mass is 286 g/mol. The maximum atomic E-state index is 5.08. The van der Waals surface area contributed by atoms with Crippen molar-refractivity contribution in [2.45, 2.75) is 6.61 Å². The molecule has 0 atom stereocenters. The van der Waals surface area contributed by atoms with Gasteiger partial charge in [0.15, 0.2) is 5.82 Å². The third-order valence-corrected chi connectivity index (χ3v) is 3.40. The van der Waals surface area contributed by atoms with E-state index in [4.69, 9.17) is 4.74 Å². The van der Waals surface area contributed by atoms with Crippen LogP contribution in [-0.4, -0.2) is 53.2 Å². The zero-order valence-electron chi connectivity index (χ0n) is 12.0. The lowest BCUT2D eigenvalue weighted by atomic mass is 10.3. The Balaban J connectivity index is 1.64. The van der Waals surface area contributed by atoms with E-state index in [2.05, 4.69) is 29.7 Å². The van der Waals surface area contributed by atoms with E-state index in [-0.39, 0.29) is 0 Å². The molecule has 0 saturated carbocycles. The predicted molar refractivity (Wildman–Crippen MR) is 79.2 cm³/mol. The number of ether oxygens (including phenoxy) is 1. The summed E-state index contributed by atoms with van der Waals surface area (Å²) in [4.78, 5) is 21.7. The minimum atomic E-state index is 0.436. The molecule has 3 heterocycles. The fourth-order valence-electron chi connectivity index (χ4n) is 2.35. The SMILES string of the molecule is COCc1nccc(N2CCN(c3ncccn3)CC2)n1. The van der Waals surface area contributed by atoms with Crippen LogP contribution in [0.1, 0.15) is 5.82 Å². The third kappa shape index (κ3) is 3.25. The van der Waals surface area contributed by atoms with E-state index in [1.165, 1.54) is 0 Å². The average molecular weight is 286 g/mol. The van der Waals surface area contributed by atoms with E-state index < -0.39 is 0 Å². The Labute approximate surface area is 123 Å². The summed E-state index contributed by atoms with van der Waals surface area (Å²) < 4.78 is 5.08. The molecule has 1 fully saturated rings. The summed E-state index contributed by atoms with van der Waals surface area (Å²) in [6.45, 7) is 3.98. The lowest BCUT2D eigenvalue weighted by molar-refractivity contribution is 0.178. The lowest BCUT2D eigenvalue weighted by Crippen LogP contribution is -2.47. The van der Waals surface area contributed by atoms with Gasteiger partial charge in [0.05, 0.1) is 0 Å². The highest BCUT2D eigenvalue weighted by Gasteiger charge is 2.19. The van der Waals surface area contributed by atoms with E-state index in [1.54, 1.807) is 25.7 Å². The van der Waals surface area contributed by atoms with Crippen molar-refractivity contribution in [1.29, 1.82) is 0 Å². The molecule has 1 saturated heterocycles. The Morgan fingerprint density at radius 2 is 1.71 bits per heavy atom. The Morgan fingerprint density at radius 3 is 2.43 bits per heavy atom. The molecule has 0 bridgehead atoms. The summed E-state index contributed by atoms with van der Waals surface area (Å²) in [6, 6.07) is 3.77. The number of rotatable bonds is 4. The second-order valence-electron chi connectivity index (χ2n) is 4.79. The lowest BCUT2D eigenvalue weighted by Gasteiger charge is -2.35. The van der Waals surface area contributed by atoms with Crippen molar-refractivity contribution in [2.75, 3.05) is 43.1 Å². The third-order valence-electron chi connectivity index (χ3n) is 3.40. The molecular weight excluding hydrogens is 268 g/mol. The van der Waals surface area contributed by atoms with Gasteiger partial charge in [-0.3, -0.25) is 0 Å². The van der Waals surface area contributed by atoms with Crippen LogP contribution in [0.25, 0.3) is 0 Å². The van der Waals surface area contributed by atoms with Crippen LogP contribution in [0.3, 0.4) is 0 Å². The van der Waals surface area contributed by atoms with Crippen molar-refractivity contribution in [3.63, 3.8) is 0 Å². The molecular formula is C14H18N6O. The van der Waals surface area contributed by atoms with Crippen molar-refractivity contribution in [1.82, 2.24) is 19.9 Å². The van der Waals surface area contributed by atoms with Crippen molar-refractivity contribution in [3.8, 4) is 0 Å². The number of methoxy groups -OCH3 is 1. The van der Waals surface area contributed by atoms with Crippen LogP contribution >= 0.6 is 0 Å². The highest BCUT2D eigenvalue weighted by atomic mass is 16.5. The number of nitrogens with zero attached hydrogens (tertiary/aromatic N) is 6. The molecule has 1 aliphatic rings. The topological polar surface area (TPSA) is 67.3 Å². The van der Waals surface area contributed by atoms with E-state index in [0.29, 0.717) is 12.4 Å². The molecule has 2 aromatic rings. The standard InChI is InChI=1S/C14H18N6O/c1-21-11-12-15-6-3-13(18-12)19-7-9-20(10-8-19)14-16-4-2-5-17-14/h2-6H,7-11H2,1H3. The van der Waals surface area contributed by atoms with E-state index in [1.807, 2.05) is 12.1 Å². The normalized spacial score (nSPS) is 15.3. The molecule has 21 heavy (non-hydrogen) atoms. The minimum Gasteiger partial charge on any atom is -0.377 e.